The summed E-state index contributed by atoms with van der Waals surface area (Å²) in [7, 11) is 0. The minimum absolute atomic E-state index is 0. The summed E-state index contributed by atoms with van der Waals surface area (Å²) in [5, 5.41) is 7.67. The molecule has 17 heavy (non-hydrogen) atoms. The van der Waals surface area contributed by atoms with Gasteiger partial charge < -0.3 is 9.73 Å². The molecule has 0 radical (unpaired) electrons. The molecule has 0 saturated heterocycles. The third kappa shape index (κ3) is 3.53. The van der Waals surface area contributed by atoms with Gasteiger partial charge in [-0.3, -0.25) is 4.68 Å². The van der Waals surface area contributed by atoms with E-state index in [0.29, 0.717) is 12.6 Å². The molecule has 0 aliphatic carbocycles. The lowest BCUT2D eigenvalue weighted by Gasteiger charge is -2.08. The van der Waals surface area contributed by atoms with Crippen molar-refractivity contribution in [1.82, 2.24) is 9.78 Å². The van der Waals surface area contributed by atoms with Crippen LogP contribution in [0.1, 0.15) is 32.1 Å². The van der Waals surface area contributed by atoms with Gasteiger partial charge in [0.05, 0.1) is 12.8 Å². The number of hydrogen-bond acceptors (Lipinski definition) is 3. The summed E-state index contributed by atoms with van der Waals surface area (Å²) in [6.07, 6.45) is 4.76. The Morgan fingerprint density at radius 2 is 2.29 bits per heavy atom. The van der Waals surface area contributed by atoms with Gasteiger partial charge in [-0.1, -0.05) is 6.92 Å². The van der Waals surface area contributed by atoms with Gasteiger partial charge in [-0.2, -0.15) is 5.10 Å². The van der Waals surface area contributed by atoms with Gasteiger partial charge in [0.2, 0.25) is 0 Å². The molecule has 0 spiro atoms. The Kier molecular flexibility index (Phi) is 5.10. The molecule has 0 aliphatic rings. The van der Waals surface area contributed by atoms with Crippen LogP contribution in [-0.2, 0) is 6.54 Å². The van der Waals surface area contributed by atoms with Crippen LogP contribution in [0.4, 0.5) is 5.82 Å². The maximum absolute atomic E-state index is 5.23. The molecule has 5 heteroatoms. The lowest BCUT2D eigenvalue weighted by atomic mass is 10.3. The normalized spacial score (nSPS) is 11.9. The molecule has 0 bridgehead atoms. The fraction of sp³-hybridized carbons (Fsp3) is 0.417. The smallest absolute Gasteiger partial charge is 0.148 e. The van der Waals surface area contributed by atoms with Crippen LogP contribution in [0.5, 0.6) is 0 Å². The number of furan rings is 1. The summed E-state index contributed by atoms with van der Waals surface area (Å²) in [5.74, 6) is 1.80. The van der Waals surface area contributed by atoms with Crippen molar-refractivity contribution >= 4 is 18.2 Å². The molecule has 0 aromatic carbocycles. The minimum Gasteiger partial charge on any atom is -0.467 e. The summed E-state index contributed by atoms with van der Waals surface area (Å²) in [6.45, 7) is 4.98. The van der Waals surface area contributed by atoms with Crippen molar-refractivity contribution in [2.24, 2.45) is 0 Å². The van der Waals surface area contributed by atoms with E-state index >= 15 is 0 Å². The quantitative estimate of drug-likeness (QED) is 0.890. The number of anilines is 1. The zero-order valence-corrected chi connectivity index (χ0v) is 10.9. The van der Waals surface area contributed by atoms with Crippen LogP contribution in [0.15, 0.2) is 35.1 Å². The fourth-order valence-electron chi connectivity index (χ4n) is 1.46. The van der Waals surface area contributed by atoms with Gasteiger partial charge in [-0.25, -0.2) is 0 Å². The van der Waals surface area contributed by atoms with E-state index in [-0.39, 0.29) is 12.4 Å². The van der Waals surface area contributed by atoms with Crippen molar-refractivity contribution in [3.8, 4) is 0 Å². The number of nitrogens with one attached hydrogen (secondary N) is 1. The summed E-state index contributed by atoms with van der Waals surface area (Å²) >= 11 is 0. The average Bonchev–Trinajstić information content (AvgIpc) is 2.96. The second-order valence-corrected chi connectivity index (χ2v) is 3.87. The molecule has 2 heterocycles. The third-order valence-corrected chi connectivity index (χ3v) is 2.67. The summed E-state index contributed by atoms with van der Waals surface area (Å²) in [6, 6.07) is 6.25. The zero-order valence-electron chi connectivity index (χ0n) is 10.1. The monoisotopic (exact) mass is 255 g/mol. The van der Waals surface area contributed by atoms with Crippen molar-refractivity contribution < 1.29 is 4.42 Å². The molecule has 2 rings (SSSR count). The molecule has 4 nitrogen and oxygen atoms in total. The Labute approximate surface area is 107 Å². The first kappa shape index (κ1) is 13.6. The van der Waals surface area contributed by atoms with Crippen LogP contribution in [0.3, 0.4) is 0 Å². The van der Waals surface area contributed by atoms with Gasteiger partial charge in [0.1, 0.15) is 11.6 Å². The molecule has 1 N–H and O–H groups in total. The van der Waals surface area contributed by atoms with E-state index < -0.39 is 0 Å². The highest BCUT2D eigenvalue weighted by Crippen LogP contribution is 2.12. The third-order valence-electron chi connectivity index (χ3n) is 2.67. The zero-order chi connectivity index (χ0) is 11.4. The van der Waals surface area contributed by atoms with Gasteiger partial charge >= 0.3 is 0 Å². The molecule has 0 amide bonds. The van der Waals surface area contributed by atoms with E-state index in [2.05, 4.69) is 24.3 Å². The highest BCUT2D eigenvalue weighted by atomic mass is 35.5. The number of hydrogen-bond donors (Lipinski definition) is 1. The van der Waals surface area contributed by atoms with Gasteiger partial charge in [-0.05, 0) is 25.5 Å². The van der Waals surface area contributed by atoms with Crippen LogP contribution in [0, 0.1) is 0 Å². The molecular weight excluding hydrogens is 238 g/mol. The Bertz CT molecular complexity index is 425. The number of nitrogens with zero attached hydrogens (tertiary/aromatic N) is 2. The largest absolute Gasteiger partial charge is 0.467 e. The molecule has 1 unspecified atom stereocenters. The summed E-state index contributed by atoms with van der Waals surface area (Å²) in [5.41, 5.74) is 0. The Morgan fingerprint density at radius 1 is 1.47 bits per heavy atom. The van der Waals surface area contributed by atoms with Crippen LogP contribution in [0.2, 0.25) is 0 Å². The van der Waals surface area contributed by atoms with Crippen LogP contribution >= 0.6 is 12.4 Å². The van der Waals surface area contributed by atoms with Crippen molar-refractivity contribution in [3.63, 3.8) is 0 Å². The Balaban J connectivity index is 0.00000144. The van der Waals surface area contributed by atoms with Crippen molar-refractivity contribution in [1.29, 1.82) is 0 Å². The average molecular weight is 256 g/mol. The van der Waals surface area contributed by atoms with E-state index in [1.807, 2.05) is 29.1 Å². The predicted octanol–water partition coefficient (Wildman–Crippen LogP) is 3.48. The van der Waals surface area contributed by atoms with Gasteiger partial charge in [-0.15, -0.1) is 12.4 Å². The van der Waals surface area contributed by atoms with Crippen LogP contribution < -0.4 is 5.32 Å². The van der Waals surface area contributed by atoms with Crippen molar-refractivity contribution in [2.45, 2.75) is 32.9 Å². The van der Waals surface area contributed by atoms with Crippen molar-refractivity contribution in [3.05, 3.63) is 36.4 Å². The second-order valence-electron chi connectivity index (χ2n) is 3.87. The Morgan fingerprint density at radius 3 is 2.94 bits per heavy atom. The number of rotatable bonds is 5. The number of aromatic nitrogens is 2. The van der Waals surface area contributed by atoms with Crippen LogP contribution in [-0.4, -0.2) is 9.78 Å². The van der Waals surface area contributed by atoms with E-state index in [1.165, 1.54) is 0 Å². The summed E-state index contributed by atoms with van der Waals surface area (Å²) < 4.78 is 7.21. The predicted molar refractivity (Wildman–Crippen MR) is 70.5 cm³/mol. The second kappa shape index (κ2) is 6.35. The first-order valence-corrected chi connectivity index (χ1v) is 5.61. The molecule has 0 fully saturated rings. The lowest BCUT2D eigenvalue weighted by molar-refractivity contribution is 0.478. The highest BCUT2D eigenvalue weighted by Gasteiger charge is 2.04. The molecule has 0 saturated carbocycles. The maximum atomic E-state index is 5.23. The molecule has 94 valence electrons. The van der Waals surface area contributed by atoms with E-state index in [0.717, 1.165) is 18.0 Å². The SMILES string of the molecule is CCC(C)n1ccc(NCc2ccco2)n1.Cl. The summed E-state index contributed by atoms with van der Waals surface area (Å²) in [4.78, 5) is 0. The molecular formula is C12H18ClN3O. The van der Waals surface area contributed by atoms with E-state index in [9.17, 15) is 0 Å². The molecule has 2 aromatic heterocycles. The van der Waals surface area contributed by atoms with Gasteiger partial charge in [0, 0.05) is 18.3 Å². The first-order chi connectivity index (χ1) is 7.79. The minimum atomic E-state index is 0. The van der Waals surface area contributed by atoms with Gasteiger partial charge in [0.15, 0.2) is 0 Å². The molecule has 0 aliphatic heterocycles. The van der Waals surface area contributed by atoms with Crippen molar-refractivity contribution in [2.75, 3.05) is 5.32 Å². The topological polar surface area (TPSA) is 43.0 Å². The lowest BCUT2D eigenvalue weighted by Crippen LogP contribution is -2.05. The van der Waals surface area contributed by atoms with E-state index in [1.54, 1.807) is 6.26 Å². The van der Waals surface area contributed by atoms with E-state index in [4.69, 9.17) is 4.42 Å². The first-order valence-electron chi connectivity index (χ1n) is 5.61. The standard InChI is InChI=1S/C12H17N3O.ClH/c1-3-10(2)15-7-6-12(14-15)13-9-11-5-4-8-16-11;/h4-8,10H,3,9H2,1-2H3,(H,13,14);1H. The maximum Gasteiger partial charge on any atom is 0.148 e. The fourth-order valence-corrected chi connectivity index (χ4v) is 1.46. The van der Waals surface area contributed by atoms with Gasteiger partial charge in [0.25, 0.3) is 0 Å². The highest BCUT2D eigenvalue weighted by molar-refractivity contribution is 5.85. The molecule has 2 aromatic rings. The number of halogens is 1. The Hall–Kier alpha value is -1.42. The van der Waals surface area contributed by atoms with Crippen LogP contribution in [0.25, 0.3) is 0 Å². The molecule has 1 atom stereocenters.